The van der Waals surface area contributed by atoms with Crippen LogP contribution >= 0.6 is 0 Å². The third-order valence-electron chi connectivity index (χ3n) is 5.93. The van der Waals surface area contributed by atoms with Crippen molar-refractivity contribution < 1.29 is 18.0 Å². The number of nitrogens with one attached hydrogen (secondary N) is 1. The van der Waals surface area contributed by atoms with E-state index in [0.29, 0.717) is 5.69 Å². The molecule has 37 heavy (non-hydrogen) atoms. The number of anilines is 1. The number of hydrogen-bond acceptors (Lipinski definition) is 4. The Kier molecular flexibility index (Phi) is 9.10. The number of benzene rings is 3. The molecule has 0 saturated carbocycles. The molecule has 3 rings (SSSR count). The van der Waals surface area contributed by atoms with E-state index in [2.05, 4.69) is 5.32 Å². The molecule has 0 spiro atoms. The van der Waals surface area contributed by atoms with Gasteiger partial charge in [0.05, 0.1) is 10.6 Å². The zero-order valence-electron chi connectivity index (χ0n) is 22.0. The predicted octanol–water partition coefficient (Wildman–Crippen LogP) is 4.44. The molecular weight excluding hydrogens is 486 g/mol. The molecule has 8 heteroatoms. The number of aryl methyl sites for hydroxylation is 2. The van der Waals surface area contributed by atoms with Gasteiger partial charge >= 0.3 is 0 Å². The van der Waals surface area contributed by atoms with Gasteiger partial charge in [-0.2, -0.15) is 0 Å². The van der Waals surface area contributed by atoms with E-state index in [4.69, 9.17) is 0 Å². The highest BCUT2D eigenvalue weighted by Crippen LogP contribution is 2.25. The lowest BCUT2D eigenvalue weighted by Gasteiger charge is -2.32. The fraction of sp³-hybridized carbons (Fsp3) is 0.310. The maximum atomic E-state index is 13.9. The Morgan fingerprint density at radius 2 is 1.46 bits per heavy atom. The summed E-state index contributed by atoms with van der Waals surface area (Å²) in [6.07, 6.45) is 0. The van der Waals surface area contributed by atoms with Crippen LogP contribution in [0.1, 0.15) is 37.5 Å². The number of rotatable bonds is 10. The number of carbonyl (C=O) groups is 2. The number of sulfonamides is 1. The number of amides is 2. The minimum atomic E-state index is -4.06. The molecule has 0 aromatic heterocycles. The standard InChI is InChI=1S/C29H35N3O4S/c1-21(2)30-29(34)24(5)31(19-25-13-9-11-22(3)17-25)28(33)20-32(26-14-10-12-23(4)18-26)37(35,36)27-15-7-6-8-16-27/h6-18,21,24H,19-20H2,1-5H3,(H,30,34). The third-order valence-corrected chi connectivity index (χ3v) is 7.72. The van der Waals surface area contributed by atoms with Crippen molar-refractivity contribution >= 4 is 27.5 Å². The van der Waals surface area contributed by atoms with Gasteiger partial charge in [-0.1, -0.05) is 60.2 Å². The molecule has 0 aliphatic rings. The van der Waals surface area contributed by atoms with Crippen LogP contribution in [0, 0.1) is 13.8 Å². The number of carbonyl (C=O) groups excluding carboxylic acids is 2. The monoisotopic (exact) mass is 521 g/mol. The molecule has 3 aromatic carbocycles. The van der Waals surface area contributed by atoms with Crippen molar-refractivity contribution in [3.05, 3.63) is 95.6 Å². The lowest BCUT2D eigenvalue weighted by molar-refractivity contribution is -0.139. The van der Waals surface area contributed by atoms with E-state index in [1.807, 2.05) is 58.0 Å². The second-order valence-corrected chi connectivity index (χ2v) is 11.4. The van der Waals surface area contributed by atoms with Crippen molar-refractivity contribution in [2.75, 3.05) is 10.8 Å². The summed E-state index contributed by atoms with van der Waals surface area (Å²) in [5, 5.41) is 2.86. The fourth-order valence-electron chi connectivity index (χ4n) is 4.03. The van der Waals surface area contributed by atoms with E-state index in [9.17, 15) is 18.0 Å². The van der Waals surface area contributed by atoms with E-state index < -0.39 is 28.5 Å². The van der Waals surface area contributed by atoms with Gasteiger partial charge < -0.3 is 10.2 Å². The van der Waals surface area contributed by atoms with Gasteiger partial charge in [0.1, 0.15) is 12.6 Å². The highest BCUT2D eigenvalue weighted by molar-refractivity contribution is 7.92. The summed E-state index contributed by atoms with van der Waals surface area (Å²) in [5.41, 5.74) is 3.12. The van der Waals surface area contributed by atoms with Crippen LogP contribution in [0.15, 0.2) is 83.8 Å². The molecule has 7 nitrogen and oxygen atoms in total. The van der Waals surface area contributed by atoms with Crippen LogP contribution in [0.25, 0.3) is 0 Å². The lowest BCUT2D eigenvalue weighted by Crippen LogP contribution is -2.52. The molecule has 0 fully saturated rings. The van der Waals surface area contributed by atoms with Gasteiger partial charge in [-0.25, -0.2) is 8.42 Å². The summed E-state index contributed by atoms with van der Waals surface area (Å²) < 4.78 is 28.6. The minimum Gasteiger partial charge on any atom is -0.352 e. The molecule has 0 bridgehead atoms. The van der Waals surface area contributed by atoms with Crippen LogP contribution in [0.3, 0.4) is 0 Å². The maximum Gasteiger partial charge on any atom is 0.264 e. The number of hydrogen-bond donors (Lipinski definition) is 1. The molecule has 0 saturated heterocycles. The van der Waals surface area contributed by atoms with Gasteiger partial charge in [0.15, 0.2) is 0 Å². The summed E-state index contributed by atoms with van der Waals surface area (Å²) in [5.74, 6) is -0.780. The van der Waals surface area contributed by atoms with Crippen molar-refractivity contribution in [3.8, 4) is 0 Å². The van der Waals surface area contributed by atoms with Crippen LogP contribution in [0.2, 0.25) is 0 Å². The molecule has 196 valence electrons. The fourth-order valence-corrected chi connectivity index (χ4v) is 5.45. The van der Waals surface area contributed by atoms with Gasteiger partial charge in [0.2, 0.25) is 11.8 Å². The molecule has 3 aromatic rings. The second kappa shape index (κ2) is 12.1. The van der Waals surface area contributed by atoms with Gasteiger partial charge in [-0.15, -0.1) is 0 Å². The molecule has 0 heterocycles. The molecule has 0 aliphatic heterocycles. The molecule has 1 atom stereocenters. The van der Waals surface area contributed by atoms with Crippen LogP contribution in [-0.2, 0) is 26.2 Å². The predicted molar refractivity (Wildman–Crippen MR) is 147 cm³/mol. The SMILES string of the molecule is Cc1cccc(CN(C(=O)CN(c2cccc(C)c2)S(=O)(=O)c2ccccc2)C(C)C(=O)NC(C)C)c1. The topological polar surface area (TPSA) is 86.8 Å². The molecule has 0 radical (unpaired) electrons. The average Bonchev–Trinajstić information content (AvgIpc) is 2.85. The smallest absolute Gasteiger partial charge is 0.264 e. The average molecular weight is 522 g/mol. The van der Waals surface area contributed by atoms with E-state index in [1.54, 1.807) is 43.3 Å². The summed E-state index contributed by atoms with van der Waals surface area (Å²) in [6, 6.07) is 21.8. The first-order valence-corrected chi connectivity index (χ1v) is 13.7. The lowest BCUT2D eigenvalue weighted by atomic mass is 10.1. The summed E-state index contributed by atoms with van der Waals surface area (Å²) in [4.78, 5) is 28.3. The Labute approximate surface area is 220 Å². The summed E-state index contributed by atoms with van der Waals surface area (Å²) in [7, 11) is -4.06. The molecule has 2 amide bonds. The number of nitrogens with zero attached hydrogens (tertiary/aromatic N) is 2. The quantitative estimate of drug-likeness (QED) is 0.427. The second-order valence-electron chi connectivity index (χ2n) is 9.51. The van der Waals surface area contributed by atoms with Crippen LogP contribution in [0.5, 0.6) is 0 Å². The molecule has 0 aliphatic carbocycles. The Hall–Kier alpha value is -3.65. The van der Waals surface area contributed by atoms with Crippen LogP contribution in [-0.4, -0.2) is 43.8 Å². The van der Waals surface area contributed by atoms with Gasteiger partial charge in [-0.3, -0.25) is 13.9 Å². The Balaban J connectivity index is 2.02. The minimum absolute atomic E-state index is 0.0835. The molecule has 1 unspecified atom stereocenters. The first-order chi connectivity index (χ1) is 17.5. The van der Waals surface area contributed by atoms with E-state index >= 15 is 0 Å². The van der Waals surface area contributed by atoms with Crippen molar-refractivity contribution in [1.82, 2.24) is 10.2 Å². The van der Waals surface area contributed by atoms with Crippen molar-refractivity contribution in [1.29, 1.82) is 0 Å². The Morgan fingerprint density at radius 3 is 2.05 bits per heavy atom. The maximum absolute atomic E-state index is 13.9. The van der Waals surface area contributed by atoms with Crippen molar-refractivity contribution in [2.45, 2.75) is 58.1 Å². The van der Waals surface area contributed by atoms with E-state index in [0.717, 1.165) is 21.0 Å². The molecular formula is C29H35N3O4S. The first-order valence-electron chi connectivity index (χ1n) is 12.3. The Morgan fingerprint density at radius 1 is 0.838 bits per heavy atom. The van der Waals surface area contributed by atoms with Crippen LogP contribution < -0.4 is 9.62 Å². The highest BCUT2D eigenvalue weighted by Gasteiger charge is 2.32. The van der Waals surface area contributed by atoms with Gasteiger partial charge in [0, 0.05) is 12.6 Å². The largest absolute Gasteiger partial charge is 0.352 e. The van der Waals surface area contributed by atoms with E-state index in [1.165, 1.54) is 17.0 Å². The zero-order valence-corrected chi connectivity index (χ0v) is 22.8. The van der Waals surface area contributed by atoms with E-state index in [-0.39, 0.29) is 23.4 Å². The van der Waals surface area contributed by atoms with Gasteiger partial charge in [-0.05, 0) is 70.0 Å². The third kappa shape index (κ3) is 7.20. The summed E-state index contributed by atoms with van der Waals surface area (Å²) in [6.45, 7) is 8.89. The normalized spacial score (nSPS) is 12.2. The Bertz CT molecular complexity index is 1340. The molecule has 1 N–H and O–H groups in total. The van der Waals surface area contributed by atoms with Crippen molar-refractivity contribution in [3.63, 3.8) is 0 Å². The zero-order chi connectivity index (χ0) is 27.2. The first kappa shape index (κ1) is 27.9. The highest BCUT2D eigenvalue weighted by atomic mass is 32.2. The van der Waals surface area contributed by atoms with Crippen LogP contribution in [0.4, 0.5) is 5.69 Å². The summed E-state index contributed by atoms with van der Waals surface area (Å²) >= 11 is 0. The van der Waals surface area contributed by atoms with Gasteiger partial charge in [0.25, 0.3) is 10.0 Å². The van der Waals surface area contributed by atoms with Crippen molar-refractivity contribution in [2.24, 2.45) is 0 Å².